The lowest BCUT2D eigenvalue weighted by Gasteiger charge is -2.31. The molecule has 0 unspecified atom stereocenters. The maximum Gasteiger partial charge on any atom is 0.295 e. The van der Waals surface area contributed by atoms with Gasteiger partial charge < -0.3 is 24.6 Å². The number of aliphatic hydroxyl groups is 1. The van der Waals surface area contributed by atoms with Crippen molar-refractivity contribution in [1.82, 2.24) is 9.80 Å². The van der Waals surface area contributed by atoms with Gasteiger partial charge in [0.2, 0.25) is 0 Å². The number of aliphatic hydroxyl groups excluding tert-OH is 1. The molecule has 36 heavy (non-hydrogen) atoms. The number of ether oxygens (including phenoxy) is 2. The molecule has 2 saturated heterocycles. The van der Waals surface area contributed by atoms with E-state index in [1.54, 1.807) is 30.3 Å². The maximum atomic E-state index is 13.2. The first-order chi connectivity index (χ1) is 17.3. The number of aryl methyl sites for hydroxylation is 1. The molecule has 1 atom stereocenters. The zero-order valence-corrected chi connectivity index (χ0v) is 21.1. The largest absolute Gasteiger partial charge is 0.508 e. The van der Waals surface area contributed by atoms with Crippen LogP contribution in [0.15, 0.2) is 48.0 Å². The summed E-state index contributed by atoms with van der Waals surface area (Å²) in [6, 6.07) is 10.9. The summed E-state index contributed by atoms with van der Waals surface area (Å²) in [5, 5.41) is 21.1. The normalized spacial score (nSPS) is 20.3. The number of hydrogen-bond donors (Lipinski definition) is 2. The molecular formula is C28H34N2O6. The van der Waals surface area contributed by atoms with Crippen molar-refractivity contribution in [3.8, 4) is 11.5 Å². The Kier molecular flexibility index (Phi) is 7.96. The Morgan fingerprint density at radius 3 is 2.42 bits per heavy atom. The summed E-state index contributed by atoms with van der Waals surface area (Å²) in [4.78, 5) is 30.1. The van der Waals surface area contributed by atoms with E-state index < -0.39 is 17.7 Å². The number of carbonyl (C=O) groups is 2. The number of amides is 1. The summed E-state index contributed by atoms with van der Waals surface area (Å²) in [6.07, 6.45) is 0. The van der Waals surface area contributed by atoms with Crippen LogP contribution in [0.4, 0.5) is 0 Å². The molecule has 2 aromatic carbocycles. The van der Waals surface area contributed by atoms with Gasteiger partial charge in [0, 0.05) is 31.7 Å². The second kappa shape index (κ2) is 11.1. The summed E-state index contributed by atoms with van der Waals surface area (Å²) in [5.74, 6) is -0.421. The van der Waals surface area contributed by atoms with Gasteiger partial charge in [0.25, 0.3) is 11.7 Å². The SMILES string of the molecule is Cc1cc(/C(O)=C2\C(=O)C(=O)N(CCN3CCOCC3)[C@@H]2c2ccc(O)cc2)ccc1OCC(C)C. The van der Waals surface area contributed by atoms with Crippen LogP contribution in [0.1, 0.15) is 36.6 Å². The monoisotopic (exact) mass is 494 g/mol. The topological polar surface area (TPSA) is 99.5 Å². The number of Topliss-reactive ketones (excluding diaryl/α,β-unsaturated/α-hetero) is 1. The first-order valence-corrected chi connectivity index (χ1v) is 12.4. The minimum absolute atomic E-state index is 0.0444. The number of aromatic hydroxyl groups is 1. The molecule has 1 amide bonds. The highest BCUT2D eigenvalue weighted by molar-refractivity contribution is 6.46. The Bertz CT molecular complexity index is 1140. The van der Waals surface area contributed by atoms with Gasteiger partial charge in [0.15, 0.2) is 0 Å². The number of phenolic OH excluding ortho intramolecular Hbond substituents is 1. The van der Waals surface area contributed by atoms with E-state index >= 15 is 0 Å². The van der Waals surface area contributed by atoms with Crippen molar-refractivity contribution < 1.29 is 29.3 Å². The predicted molar refractivity (Wildman–Crippen MR) is 136 cm³/mol. The molecule has 8 heteroatoms. The molecule has 0 radical (unpaired) electrons. The van der Waals surface area contributed by atoms with Gasteiger partial charge in [-0.05, 0) is 54.3 Å². The fourth-order valence-corrected chi connectivity index (χ4v) is 4.56. The lowest BCUT2D eigenvalue weighted by molar-refractivity contribution is -0.140. The van der Waals surface area contributed by atoms with Crippen molar-refractivity contribution in [3.63, 3.8) is 0 Å². The number of carbonyl (C=O) groups excluding carboxylic acids is 2. The van der Waals surface area contributed by atoms with Crippen molar-refractivity contribution in [1.29, 1.82) is 0 Å². The van der Waals surface area contributed by atoms with Crippen molar-refractivity contribution >= 4 is 17.4 Å². The van der Waals surface area contributed by atoms with Crippen LogP contribution in [-0.2, 0) is 14.3 Å². The predicted octanol–water partition coefficient (Wildman–Crippen LogP) is 3.49. The van der Waals surface area contributed by atoms with Crippen molar-refractivity contribution in [2.24, 2.45) is 5.92 Å². The van der Waals surface area contributed by atoms with Gasteiger partial charge in [-0.25, -0.2) is 0 Å². The summed E-state index contributed by atoms with van der Waals surface area (Å²) < 4.78 is 11.2. The Labute approximate surface area is 211 Å². The number of nitrogens with zero attached hydrogens (tertiary/aromatic N) is 2. The van der Waals surface area contributed by atoms with E-state index in [1.807, 2.05) is 6.92 Å². The zero-order chi connectivity index (χ0) is 25.8. The quantitative estimate of drug-likeness (QED) is 0.329. The average Bonchev–Trinajstić information content (AvgIpc) is 3.12. The van der Waals surface area contributed by atoms with E-state index in [2.05, 4.69) is 18.7 Å². The highest BCUT2D eigenvalue weighted by atomic mass is 16.5. The zero-order valence-electron chi connectivity index (χ0n) is 21.1. The number of hydrogen-bond acceptors (Lipinski definition) is 7. The number of likely N-dealkylation sites (tertiary alicyclic amines) is 1. The average molecular weight is 495 g/mol. The van der Waals surface area contributed by atoms with E-state index in [0.717, 1.165) is 18.7 Å². The molecule has 0 spiro atoms. The molecular weight excluding hydrogens is 460 g/mol. The molecule has 2 aliphatic rings. The van der Waals surface area contributed by atoms with Crippen molar-refractivity contribution in [2.45, 2.75) is 26.8 Å². The number of phenols is 1. The second-order valence-electron chi connectivity index (χ2n) is 9.72. The van der Waals surface area contributed by atoms with E-state index in [-0.39, 0.29) is 17.1 Å². The first-order valence-electron chi connectivity index (χ1n) is 12.4. The fourth-order valence-electron chi connectivity index (χ4n) is 4.56. The second-order valence-corrected chi connectivity index (χ2v) is 9.72. The first kappa shape index (κ1) is 25.7. The highest BCUT2D eigenvalue weighted by Crippen LogP contribution is 2.40. The maximum absolute atomic E-state index is 13.2. The Morgan fingerprint density at radius 1 is 1.08 bits per heavy atom. The van der Waals surface area contributed by atoms with Gasteiger partial charge in [0.1, 0.15) is 17.3 Å². The van der Waals surface area contributed by atoms with Crippen LogP contribution in [0.5, 0.6) is 11.5 Å². The van der Waals surface area contributed by atoms with Gasteiger partial charge in [-0.3, -0.25) is 14.5 Å². The van der Waals surface area contributed by atoms with Crippen molar-refractivity contribution in [2.75, 3.05) is 46.0 Å². The summed E-state index contributed by atoms with van der Waals surface area (Å²) in [7, 11) is 0. The van der Waals surface area contributed by atoms with Gasteiger partial charge in [0.05, 0.1) is 31.4 Å². The number of benzene rings is 2. The van der Waals surface area contributed by atoms with E-state index in [9.17, 15) is 19.8 Å². The molecule has 2 N–H and O–H groups in total. The number of ketones is 1. The summed E-state index contributed by atoms with van der Waals surface area (Å²) in [5.41, 5.74) is 1.95. The third-order valence-electron chi connectivity index (χ3n) is 6.53. The van der Waals surface area contributed by atoms with Crippen molar-refractivity contribution in [3.05, 3.63) is 64.7 Å². The van der Waals surface area contributed by atoms with Crippen LogP contribution >= 0.6 is 0 Å². The fraction of sp³-hybridized carbons (Fsp3) is 0.429. The van der Waals surface area contributed by atoms with Gasteiger partial charge >= 0.3 is 0 Å². The van der Waals surface area contributed by atoms with Gasteiger partial charge in [-0.15, -0.1) is 0 Å². The molecule has 2 aliphatic heterocycles. The molecule has 0 aromatic heterocycles. The van der Waals surface area contributed by atoms with Crippen LogP contribution in [-0.4, -0.2) is 77.7 Å². The van der Waals surface area contributed by atoms with Gasteiger partial charge in [-0.1, -0.05) is 26.0 Å². The Balaban J connectivity index is 1.69. The lowest BCUT2D eigenvalue weighted by Crippen LogP contribution is -2.42. The molecule has 0 bridgehead atoms. The summed E-state index contributed by atoms with van der Waals surface area (Å²) >= 11 is 0. The molecule has 2 heterocycles. The van der Waals surface area contributed by atoms with E-state index in [0.29, 0.717) is 55.7 Å². The highest BCUT2D eigenvalue weighted by Gasteiger charge is 2.46. The van der Waals surface area contributed by atoms with Crippen LogP contribution in [0, 0.1) is 12.8 Å². The third kappa shape index (κ3) is 5.55. The Morgan fingerprint density at radius 2 is 1.78 bits per heavy atom. The van der Waals surface area contributed by atoms with Crippen LogP contribution in [0.3, 0.4) is 0 Å². The number of morpholine rings is 1. The molecule has 192 valence electrons. The Hall–Kier alpha value is -3.36. The third-order valence-corrected chi connectivity index (χ3v) is 6.53. The van der Waals surface area contributed by atoms with Crippen LogP contribution in [0.25, 0.3) is 5.76 Å². The standard InChI is InChI=1S/C28H34N2O6/c1-18(2)17-36-23-9-6-21(16-19(23)3)26(32)24-25(20-4-7-22(31)8-5-20)30(28(34)27(24)33)11-10-29-12-14-35-15-13-29/h4-9,16,18,25,31-32H,10-15,17H2,1-3H3/b26-24+/t25-/m1/s1. The molecule has 2 fully saturated rings. The lowest BCUT2D eigenvalue weighted by atomic mass is 9.94. The smallest absolute Gasteiger partial charge is 0.295 e. The molecule has 2 aromatic rings. The van der Waals surface area contributed by atoms with Crippen LogP contribution in [0.2, 0.25) is 0 Å². The van der Waals surface area contributed by atoms with E-state index in [4.69, 9.17) is 9.47 Å². The molecule has 0 saturated carbocycles. The molecule has 8 nitrogen and oxygen atoms in total. The van der Waals surface area contributed by atoms with Gasteiger partial charge in [-0.2, -0.15) is 0 Å². The minimum atomic E-state index is -0.760. The van der Waals surface area contributed by atoms with Crippen LogP contribution < -0.4 is 4.74 Å². The number of rotatable bonds is 8. The minimum Gasteiger partial charge on any atom is -0.508 e. The summed E-state index contributed by atoms with van der Waals surface area (Å²) in [6.45, 7) is 10.3. The molecule has 0 aliphatic carbocycles. The van der Waals surface area contributed by atoms with E-state index in [1.165, 1.54) is 17.0 Å². The molecule has 4 rings (SSSR count).